The highest BCUT2D eigenvalue weighted by atomic mass is 32.1. The van der Waals surface area contributed by atoms with E-state index in [4.69, 9.17) is 0 Å². The number of rotatable bonds is 2. The largest absolute Gasteiger partial charge is 0.325 e. The van der Waals surface area contributed by atoms with Crippen LogP contribution in [0.4, 0.5) is 13.9 Å². The van der Waals surface area contributed by atoms with Gasteiger partial charge in [0.2, 0.25) is 0 Å². The summed E-state index contributed by atoms with van der Waals surface area (Å²) in [4.78, 5) is 44.0. The zero-order valence-corrected chi connectivity index (χ0v) is 15.8. The third-order valence-electron chi connectivity index (χ3n) is 4.61. The second-order valence-electron chi connectivity index (χ2n) is 7.55. The Morgan fingerprint density at radius 1 is 1.18 bits per heavy atom. The average molecular weight is 403 g/mol. The van der Waals surface area contributed by atoms with Crippen LogP contribution in [0.5, 0.6) is 0 Å². The molecule has 0 saturated heterocycles. The molecule has 6 nitrogen and oxygen atoms in total. The molecular weight excluding hydrogens is 388 g/mol. The van der Waals surface area contributed by atoms with Crippen molar-refractivity contribution in [2.75, 3.05) is 5.32 Å². The Morgan fingerprint density at radius 3 is 2.64 bits per heavy atom. The molecule has 0 bridgehead atoms. The summed E-state index contributed by atoms with van der Waals surface area (Å²) in [5, 5.41) is 2.55. The minimum absolute atomic E-state index is 0.0922. The van der Waals surface area contributed by atoms with Gasteiger partial charge in [0.25, 0.3) is 11.5 Å². The fourth-order valence-electron chi connectivity index (χ4n) is 3.34. The van der Waals surface area contributed by atoms with E-state index in [0.29, 0.717) is 28.8 Å². The number of nitrogens with one attached hydrogen (secondary N) is 2. The zero-order valence-electron chi connectivity index (χ0n) is 15.0. The number of amides is 1. The van der Waals surface area contributed by atoms with Crippen molar-refractivity contribution in [1.82, 2.24) is 9.97 Å². The highest BCUT2D eigenvalue weighted by Crippen LogP contribution is 2.33. The maximum Gasteiger partial charge on any atom is 0.263 e. The second-order valence-corrected chi connectivity index (χ2v) is 8.58. The molecule has 144 valence electrons. The van der Waals surface area contributed by atoms with Gasteiger partial charge in [-0.05, 0) is 24.0 Å². The minimum atomic E-state index is -1.04. The molecule has 3 aromatic rings. The van der Waals surface area contributed by atoms with E-state index in [1.165, 1.54) is 6.07 Å². The van der Waals surface area contributed by atoms with E-state index < -0.39 is 23.1 Å². The third kappa shape index (κ3) is 3.22. The molecule has 0 radical (unpaired) electrons. The van der Waals surface area contributed by atoms with Crippen molar-refractivity contribution in [2.45, 2.75) is 26.7 Å². The molecule has 0 unspecified atom stereocenters. The lowest BCUT2D eigenvalue weighted by molar-refractivity contribution is 0.0910. The van der Waals surface area contributed by atoms with Gasteiger partial charge < -0.3 is 4.98 Å². The van der Waals surface area contributed by atoms with Gasteiger partial charge in [0, 0.05) is 23.7 Å². The topological polar surface area (TPSA) is 91.9 Å². The summed E-state index contributed by atoms with van der Waals surface area (Å²) in [6.07, 6.45) is 0.850. The lowest BCUT2D eigenvalue weighted by Gasteiger charge is -2.29. The number of aromatic amines is 1. The van der Waals surface area contributed by atoms with Gasteiger partial charge in [-0.2, -0.15) is 0 Å². The zero-order chi connectivity index (χ0) is 20.2. The first-order valence-electron chi connectivity index (χ1n) is 8.49. The molecule has 4 rings (SSSR count). The molecule has 2 heterocycles. The molecule has 0 saturated carbocycles. The number of Topliss-reactive ketones (excluding diaryl/α,β-unsaturated/α-hetero) is 1. The van der Waals surface area contributed by atoms with Gasteiger partial charge in [0.15, 0.2) is 22.5 Å². The van der Waals surface area contributed by atoms with Crippen molar-refractivity contribution in [2.24, 2.45) is 5.41 Å². The van der Waals surface area contributed by atoms with E-state index in [-0.39, 0.29) is 27.4 Å². The number of hydrogen-bond acceptors (Lipinski definition) is 5. The van der Waals surface area contributed by atoms with E-state index in [1.54, 1.807) is 0 Å². The molecule has 0 spiro atoms. The maximum atomic E-state index is 13.3. The summed E-state index contributed by atoms with van der Waals surface area (Å²) in [5.74, 6) is -2.94. The van der Waals surface area contributed by atoms with Crippen LogP contribution in [0.15, 0.2) is 23.0 Å². The number of H-pyrrole nitrogens is 1. The van der Waals surface area contributed by atoms with Crippen LogP contribution in [0.2, 0.25) is 0 Å². The van der Waals surface area contributed by atoms with Crippen LogP contribution in [0.3, 0.4) is 0 Å². The molecule has 1 aliphatic rings. The molecule has 28 heavy (non-hydrogen) atoms. The Morgan fingerprint density at radius 2 is 1.89 bits per heavy atom. The second kappa shape index (κ2) is 6.30. The van der Waals surface area contributed by atoms with Gasteiger partial charge in [0.1, 0.15) is 5.56 Å². The summed E-state index contributed by atoms with van der Waals surface area (Å²) in [6.45, 7) is 3.87. The van der Waals surface area contributed by atoms with Gasteiger partial charge in [-0.1, -0.05) is 25.2 Å². The summed E-state index contributed by atoms with van der Waals surface area (Å²) < 4.78 is 27.0. The van der Waals surface area contributed by atoms with Crippen LogP contribution in [0, 0.1) is 17.0 Å². The maximum absolute atomic E-state index is 13.3. The number of anilines is 1. The van der Waals surface area contributed by atoms with E-state index in [0.717, 1.165) is 23.5 Å². The van der Waals surface area contributed by atoms with E-state index in [1.807, 2.05) is 13.8 Å². The van der Waals surface area contributed by atoms with E-state index in [2.05, 4.69) is 15.3 Å². The SMILES string of the molecule is CC1(C)CC(=O)c2cc(C(=O)Nc3nc4cc(F)c(F)cc4s3)c(=O)[nH]c2C1. The van der Waals surface area contributed by atoms with Crippen LogP contribution in [0.25, 0.3) is 10.2 Å². The quantitative estimate of drug-likeness (QED) is 0.683. The lowest BCUT2D eigenvalue weighted by Crippen LogP contribution is -2.32. The van der Waals surface area contributed by atoms with Crippen molar-refractivity contribution in [3.05, 3.63) is 57.0 Å². The number of fused-ring (bicyclic) bond motifs is 2. The summed E-state index contributed by atoms with van der Waals surface area (Å²) in [7, 11) is 0. The first kappa shape index (κ1) is 18.4. The van der Waals surface area contributed by atoms with Gasteiger partial charge in [-0.15, -0.1) is 0 Å². The molecule has 1 amide bonds. The van der Waals surface area contributed by atoms with Gasteiger partial charge in [0.05, 0.1) is 10.2 Å². The highest BCUT2D eigenvalue weighted by Gasteiger charge is 2.32. The monoisotopic (exact) mass is 403 g/mol. The molecule has 0 atom stereocenters. The Kier molecular flexibility index (Phi) is 4.15. The van der Waals surface area contributed by atoms with E-state index >= 15 is 0 Å². The fourth-order valence-corrected chi connectivity index (χ4v) is 4.21. The van der Waals surface area contributed by atoms with Crippen molar-refractivity contribution < 1.29 is 18.4 Å². The van der Waals surface area contributed by atoms with Crippen LogP contribution in [0.1, 0.15) is 46.7 Å². The van der Waals surface area contributed by atoms with E-state index in [9.17, 15) is 23.2 Å². The number of aromatic nitrogens is 2. The number of nitrogens with zero attached hydrogens (tertiary/aromatic N) is 1. The standard InChI is InChI=1S/C19H15F2N3O3S/c1-19(2)6-13-8(14(25)7-19)3-9(16(26)22-13)17(27)24-18-23-12-4-10(20)11(21)5-15(12)28-18/h3-5H,6-7H2,1-2H3,(H,22,26)(H,23,24,27). The summed E-state index contributed by atoms with van der Waals surface area (Å²) >= 11 is 0.949. The van der Waals surface area contributed by atoms with Crippen LogP contribution in [-0.2, 0) is 6.42 Å². The number of thiazole rings is 1. The molecule has 2 aromatic heterocycles. The lowest BCUT2D eigenvalue weighted by atomic mass is 9.75. The summed E-state index contributed by atoms with van der Waals surface area (Å²) in [6, 6.07) is 3.22. The minimum Gasteiger partial charge on any atom is -0.325 e. The highest BCUT2D eigenvalue weighted by molar-refractivity contribution is 7.22. The molecule has 1 aromatic carbocycles. The van der Waals surface area contributed by atoms with Crippen molar-refractivity contribution >= 4 is 38.4 Å². The molecular formula is C19H15F2N3O3S. The Balaban J connectivity index is 1.67. The number of halogens is 2. The number of carbonyl (C=O) groups excluding carboxylic acids is 2. The molecule has 0 fully saturated rings. The normalized spacial score (nSPS) is 15.5. The Hall–Kier alpha value is -2.94. The molecule has 9 heteroatoms. The third-order valence-corrected chi connectivity index (χ3v) is 5.55. The van der Waals surface area contributed by atoms with Crippen molar-refractivity contribution in [3.63, 3.8) is 0 Å². The van der Waals surface area contributed by atoms with Crippen LogP contribution in [-0.4, -0.2) is 21.7 Å². The smallest absolute Gasteiger partial charge is 0.263 e. The number of carbonyl (C=O) groups is 2. The number of ketones is 1. The predicted molar refractivity (Wildman–Crippen MR) is 101 cm³/mol. The summed E-state index contributed by atoms with van der Waals surface area (Å²) in [5.41, 5.74) is -0.0481. The van der Waals surface area contributed by atoms with Gasteiger partial charge >= 0.3 is 0 Å². The van der Waals surface area contributed by atoms with Crippen molar-refractivity contribution in [1.29, 1.82) is 0 Å². The average Bonchev–Trinajstić information content (AvgIpc) is 2.94. The molecule has 0 aliphatic heterocycles. The molecule has 2 N–H and O–H groups in total. The van der Waals surface area contributed by atoms with Crippen molar-refractivity contribution in [3.8, 4) is 0 Å². The first-order chi connectivity index (χ1) is 13.1. The van der Waals surface area contributed by atoms with Crippen LogP contribution < -0.4 is 10.9 Å². The fraction of sp³-hybridized carbons (Fsp3) is 0.263. The predicted octanol–water partition coefficient (Wildman–Crippen LogP) is 3.67. The van der Waals surface area contributed by atoms with Crippen LogP contribution >= 0.6 is 11.3 Å². The van der Waals surface area contributed by atoms with Gasteiger partial charge in [-0.3, -0.25) is 19.7 Å². The van der Waals surface area contributed by atoms with Gasteiger partial charge in [-0.25, -0.2) is 13.8 Å². The first-order valence-corrected chi connectivity index (χ1v) is 9.31. The number of hydrogen-bond donors (Lipinski definition) is 2. The number of pyridine rings is 1. The number of benzene rings is 1. The Bertz CT molecular complexity index is 1170. The Labute approximate surface area is 161 Å². The molecule has 1 aliphatic carbocycles.